The van der Waals surface area contributed by atoms with Crippen LogP contribution in [0.4, 0.5) is 0 Å². The first-order valence-electron chi connectivity index (χ1n) is 3.59. The molecule has 0 aliphatic rings. The van der Waals surface area contributed by atoms with Crippen LogP contribution in [0.2, 0.25) is 0 Å². The van der Waals surface area contributed by atoms with Gasteiger partial charge in [0, 0.05) is 0 Å². The highest BCUT2D eigenvalue weighted by Gasteiger charge is 2.03. The van der Waals surface area contributed by atoms with Crippen LogP contribution in [0.5, 0.6) is 0 Å². The van der Waals surface area contributed by atoms with Crippen molar-refractivity contribution in [3.63, 3.8) is 0 Å². The molecule has 0 bridgehead atoms. The fourth-order valence-corrected chi connectivity index (χ4v) is 1.14. The van der Waals surface area contributed by atoms with Crippen molar-refractivity contribution in [2.24, 2.45) is 0 Å². The summed E-state index contributed by atoms with van der Waals surface area (Å²) < 4.78 is 1.09. The number of aromatic nitrogens is 4. The summed E-state index contributed by atoms with van der Waals surface area (Å²) in [7, 11) is 0. The normalized spacial score (nSPS) is 10.6. The molecule has 2 heterocycles. The van der Waals surface area contributed by atoms with Crippen molar-refractivity contribution in [1.82, 2.24) is 18.9 Å². The highest BCUT2D eigenvalue weighted by atomic mass is 32.1. The van der Waals surface area contributed by atoms with Gasteiger partial charge in [0.2, 0.25) is 0 Å². The van der Waals surface area contributed by atoms with Crippen LogP contribution in [0.3, 0.4) is 0 Å². The smallest absolute Gasteiger partial charge is 0.266 e. The summed E-state index contributed by atoms with van der Waals surface area (Å²) in [6.45, 7) is 1.72. The van der Waals surface area contributed by atoms with Gasteiger partial charge in [-0.2, -0.15) is 0 Å². The average molecular weight is 194 g/mol. The molecule has 0 radical (unpaired) electrons. The zero-order valence-corrected chi connectivity index (χ0v) is 7.69. The third kappa shape index (κ3) is 1.29. The Morgan fingerprint density at radius 1 is 1.46 bits per heavy atom. The van der Waals surface area contributed by atoms with Gasteiger partial charge in [-0.3, -0.25) is 4.79 Å². The SMILES string of the molecule is Cc1ncc2ncn(S)c(=O)c2n1. The molecule has 0 aliphatic carbocycles. The van der Waals surface area contributed by atoms with E-state index in [1.54, 1.807) is 6.92 Å². The molecule has 0 aliphatic heterocycles. The Hall–Kier alpha value is -1.43. The minimum Gasteiger partial charge on any atom is -0.266 e. The summed E-state index contributed by atoms with van der Waals surface area (Å²) in [6, 6.07) is 0. The molecule has 13 heavy (non-hydrogen) atoms. The Balaban J connectivity index is 2.97. The topological polar surface area (TPSA) is 60.7 Å². The van der Waals surface area contributed by atoms with E-state index in [-0.39, 0.29) is 5.56 Å². The zero-order valence-electron chi connectivity index (χ0n) is 6.80. The van der Waals surface area contributed by atoms with Crippen LogP contribution in [0.25, 0.3) is 11.0 Å². The molecule has 66 valence electrons. The second-order valence-corrected chi connectivity index (χ2v) is 2.98. The van der Waals surface area contributed by atoms with Crippen molar-refractivity contribution in [2.45, 2.75) is 6.92 Å². The molecule has 0 saturated heterocycles. The summed E-state index contributed by atoms with van der Waals surface area (Å²) in [6.07, 6.45) is 2.85. The van der Waals surface area contributed by atoms with Crippen molar-refractivity contribution < 1.29 is 0 Å². The van der Waals surface area contributed by atoms with Gasteiger partial charge in [-0.1, -0.05) is 12.8 Å². The van der Waals surface area contributed by atoms with Gasteiger partial charge in [0.05, 0.1) is 6.20 Å². The number of fused-ring (bicyclic) bond motifs is 1. The van der Waals surface area contributed by atoms with E-state index >= 15 is 0 Å². The Morgan fingerprint density at radius 2 is 2.23 bits per heavy atom. The predicted octanol–water partition coefficient (Wildman–Crippen LogP) is 0.188. The molecule has 2 rings (SSSR count). The van der Waals surface area contributed by atoms with Crippen LogP contribution in [-0.4, -0.2) is 18.9 Å². The maximum absolute atomic E-state index is 11.4. The molecule has 2 aromatic heterocycles. The molecule has 0 amide bonds. The van der Waals surface area contributed by atoms with E-state index < -0.39 is 0 Å². The van der Waals surface area contributed by atoms with E-state index in [1.807, 2.05) is 0 Å². The van der Waals surface area contributed by atoms with E-state index in [4.69, 9.17) is 0 Å². The molecule has 2 aromatic rings. The number of nitrogens with zero attached hydrogens (tertiary/aromatic N) is 4. The lowest BCUT2D eigenvalue weighted by Crippen LogP contribution is -2.15. The van der Waals surface area contributed by atoms with Crippen LogP contribution < -0.4 is 5.56 Å². The molecular weight excluding hydrogens is 188 g/mol. The summed E-state index contributed by atoms with van der Waals surface area (Å²) in [5, 5.41) is 0. The molecule has 0 aromatic carbocycles. The van der Waals surface area contributed by atoms with Crippen molar-refractivity contribution >= 4 is 23.8 Å². The molecule has 0 unspecified atom stereocenters. The molecule has 0 N–H and O–H groups in total. The van der Waals surface area contributed by atoms with Gasteiger partial charge in [-0.15, -0.1) is 0 Å². The number of aryl methyl sites for hydroxylation is 1. The van der Waals surface area contributed by atoms with Crippen molar-refractivity contribution in [1.29, 1.82) is 0 Å². The summed E-state index contributed by atoms with van der Waals surface area (Å²) >= 11 is 3.89. The third-order valence-electron chi connectivity index (χ3n) is 1.61. The van der Waals surface area contributed by atoms with Crippen LogP contribution in [0, 0.1) is 6.92 Å². The lowest BCUT2D eigenvalue weighted by atomic mass is 10.4. The first kappa shape index (κ1) is 8.18. The van der Waals surface area contributed by atoms with Gasteiger partial charge in [-0.25, -0.2) is 18.9 Å². The van der Waals surface area contributed by atoms with E-state index in [0.717, 1.165) is 3.97 Å². The summed E-state index contributed by atoms with van der Waals surface area (Å²) in [5.74, 6) is 0.547. The Labute approximate surface area is 79.0 Å². The van der Waals surface area contributed by atoms with Gasteiger partial charge in [-0.05, 0) is 6.92 Å². The predicted molar refractivity (Wildman–Crippen MR) is 50.7 cm³/mol. The molecule has 0 spiro atoms. The van der Waals surface area contributed by atoms with Crippen LogP contribution in [0.15, 0.2) is 17.3 Å². The van der Waals surface area contributed by atoms with Gasteiger partial charge in [0.15, 0.2) is 5.52 Å². The first-order valence-corrected chi connectivity index (χ1v) is 3.99. The number of rotatable bonds is 0. The van der Waals surface area contributed by atoms with Gasteiger partial charge >= 0.3 is 0 Å². The van der Waals surface area contributed by atoms with Gasteiger partial charge < -0.3 is 0 Å². The monoisotopic (exact) mass is 194 g/mol. The van der Waals surface area contributed by atoms with Crippen molar-refractivity contribution in [3.05, 3.63) is 28.7 Å². The lowest BCUT2D eigenvalue weighted by Gasteiger charge is -1.98. The largest absolute Gasteiger partial charge is 0.289 e. The maximum Gasteiger partial charge on any atom is 0.289 e. The van der Waals surface area contributed by atoms with Crippen LogP contribution in [0.1, 0.15) is 5.82 Å². The van der Waals surface area contributed by atoms with E-state index in [9.17, 15) is 4.79 Å². The Morgan fingerprint density at radius 3 is 3.00 bits per heavy atom. The molecule has 0 fully saturated rings. The van der Waals surface area contributed by atoms with Gasteiger partial charge in [0.1, 0.15) is 17.7 Å². The summed E-state index contributed by atoms with van der Waals surface area (Å²) in [5.41, 5.74) is 0.504. The van der Waals surface area contributed by atoms with Crippen LogP contribution >= 0.6 is 12.8 Å². The lowest BCUT2D eigenvalue weighted by molar-refractivity contribution is 1.03. The van der Waals surface area contributed by atoms with Gasteiger partial charge in [0.25, 0.3) is 5.56 Å². The highest BCUT2D eigenvalue weighted by molar-refractivity contribution is 7.78. The maximum atomic E-state index is 11.4. The zero-order chi connectivity index (χ0) is 9.42. The Bertz CT molecular complexity index is 516. The second kappa shape index (κ2) is 2.81. The highest BCUT2D eigenvalue weighted by Crippen LogP contribution is 2.01. The van der Waals surface area contributed by atoms with E-state index in [0.29, 0.717) is 16.9 Å². The van der Waals surface area contributed by atoms with Crippen molar-refractivity contribution in [2.75, 3.05) is 0 Å². The first-order chi connectivity index (χ1) is 6.18. The molecule has 0 atom stereocenters. The number of hydrogen-bond donors (Lipinski definition) is 1. The summed E-state index contributed by atoms with van der Waals surface area (Å²) in [4.78, 5) is 23.3. The van der Waals surface area contributed by atoms with Crippen molar-refractivity contribution in [3.8, 4) is 0 Å². The molecule has 6 heteroatoms. The van der Waals surface area contributed by atoms with E-state index in [2.05, 4.69) is 27.8 Å². The fraction of sp³-hybridized carbons (Fsp3) is 0.143. The van der Waals surface area contributed by atoms with E-state index in [1.165, 1.54) is 12.5 Å². The Kier molecular flexibility index (Phi) is 1.77. The quantitative estimate of drug-likeness (QED) is 0.608. The molecule has 5 nitrogen and oxygen atoms in total. The number of hydrogen-bond acceptors (Lipinski definition) is 5. The standard InChI is InChI=1S/C7H6N4OS/c1-4-8-2-5-6(10-4)7(12)11(13)3-9-5/h2-3,13H,1H3. The minimum absolute atomic E-state index is 0.279. The molecule has 0 saturated carbocycles. The minimum atomic E-state index is -0.279. The third-order valence-corrected chi connectivity index (χ3v) is 1.89. The number of thiol groups is 1. The molecular formula is C7H6N4OS. The average Bonchev–Trinajstić information content (AvgIpc) is 2.12. The second-order valence-electron chi connectivity index (χ2n) is 2.55. The fourth-order valence-electron chi connectivity index (χ4n) is 0.993. The van der Waals surface area contributed by atoms with Crippen LogP contribution in [-0.2, 0) is 0 Å².